The maximum Gasteiger partial charge on any atom is 0.248 e. The number of amides is 3. The number of anilines is 2. The fourth-order valence-electron chi connectivity index (χ4n) is 3.60. The molecule has 0 aliphatic carbocycles. The van der Waals surface area contributed by atoms with E-state index in [2.05, 4.69) is 15.8 Å². The number of aryl methyl sites for hydroxylation is 1. The second kappa shape index (κ2) is 12.0. The highest BCUT2D eigenvalue weighted by molar-refractivity contribution is 6.31. The van der Waals surface area contributed by atoms with E-state index >= 15 is 0 Å². The summed E-state index contributed by atoms with van der Waals surface area (Å²) in [6.45, 7) is 7.36. The minimum Gasteiger partial charge on any atom is -0.360 e. The van der Waals surface area contributed by atoms with Crippen LogP contribution in [-0.4, -0.2) is 28.4 Å². The van der Waals surface area contributed by atoms with Crippen molar-refractivity contribution in [1.82, 2.24) is 10.5 Å². The van der Waals surface area contributed by atoms with Crippen molar-refractivity contribution in [1.29, 1.82) is 0 Å². The van der Waals surface area contributed by atoms with Crippen molar-refractivity contribution in [3.8, 4) is 0 Å². The standard InChI is InChI=1S/C27H30ClFN4O4/c1-5-27(3,4)31-26(36)25(20-8-6-7-9-21(20)28)33(19-12-10-18(29)11-13-19)24(35)15-14-23(34)30-22-16-17(2)37-32-22/h6-13,16,25H,5,14-15H2,1-4H3,(H,31,36)(H,30,32,34)/t25-/m1/s1. The number of hydrogen-bond acceptors (Lipinski definition) is 5. The van der Waals surface area contributed by atoms with Crippen molar-refractivity contribution in [2.24, 2.45) is 0 Å². The van der Waals surface area contributed by atoms with Crippen molar-refractivity contribution >= 4 is 40.8 Å². The molecule has 0 saturated carbocycles. The molecule has 37 heavy (non-hydrogen) atoms. The van der Waals surface area contributed by atoms with Crippen LogP contribution in [0.1, 0.15) is 57.4 Å². The molecule has 3 rings (SSSR count). The van der Waals surface area contributed by atoms with Gasteiger partial charge in [-0.15, -0.1) is 0 Å². The summed E-state index contributed by atoms with van der Waals surface area (Å²) in [4.78, 5) is 41.1. The Bertz CT molecular complexity index is 1260. The molecule has 0 radical (unpaired) electrons. The Labute approximate surface area is 220 Å². The molecule has 1 atom stereocenters. The fourth-order valence-corrected chi connectivity index (χ4v) is 3.83. The SMILES string of the molecule is CCC(C)(C)NC(=O)[C@@H](c1ccccc1Cl)N(C(=O)CCC(=O)Nc1cc(C)on1)c1ccc(F)cc1. The van der Waals surface area contributed by atoms with Gasteiger partial charge in [0.05, 0.1) is 0 Å². The predicted molar refractivity (Wildman–Crippen MR) is 140 cm³/mol. The van der Waals surface area contributed by atoms with Gasteiger partial charge in [-0.25, -0.2) is 4.39 Å². The van der Waals surface area contributed by atoms with Crippen molar-refractivity contribution in [2.75, 3.05) is 10.2 Å². The molecule has 0 fully saturated rings. The Kier molecular flexibility index (Phi) is 9.04. The van der Waals surface area contributed by atoms with Gasteiger partial charge >= 0.3 is 0 Å². The lowest BCUT2D eigenvalue weighted by molar-refractivity contribution is -0.128. The van der Waals surface area contributed by atoms with Crippen molar-refractivity contribution in [3.63, 3.8) is 0 Å². The lowest BCUT2D eigenvalue weighted by Crippen LogP contribution is -2.50. The van der Waals surface area contributed by atoms with Crippen LogP contribution in [0, 0.1) is 12.7 Å². The first kappa shape index (κ1) is 27.9. The average molecular weight is 529 g/mol. The molecule has 10 heteroatoms. The van der Waals surface area contributed by atoms with E-state index in [0.29, 0.717) is 17.7 Å². The fraction of sp³-hybridized carbons (Fsp3) is 0.333. The molecule has 0 unspecified atom stereocenters. The van der Waals surface area contributed by atoms with Crippen LogP contribution in [-0.2, 0) is 14.4 Å². The van der Waals surface area contributed by atoms with Crippen molar-refractivity contribution in [2.45, 2.75) is 58.5 Å². The van der Waals surface area contributed by atoms with Gasteiger partial charge in [0.15, 0.2) is 5.82 Å². The Hall–Kier alpha value is -3.72. The second-order valence-electron chi connectivity index (χ2n) is 9.26. The maximum atomic E-state index is 13.8. The van der Waals surface area contributed by atoms with Crippen molar-refractivity contribution < 1.29 is 23.3 Å². The van der Waals surface area contributed by atoms with Crippen LogP contribution < -0.4 is 15.5 Å². The van der Waals surface area contributed by atoms with E-state index in [9.17, 15) is 18.8 Å². The quantitative estimate of drug-likeness (QED) is 0.358. The number of carbonyl (C=O) groups excluding carboxylic acids is 3. The molecule has 0 saturated heterocycles. The molecule has 3 amide bonds. The van der Waals surface area contributed by atoms with E-state index in [4.69, 9.17) is 16.1 Å². The molecule has 2 aromatic carbocycles. The zero-order chi connectivity index (χ0) is 27.2. The summed E-state index contributed by atoms with van der Waals surface area (Å²) in [7, 11) is 0. The van der Waals surface area contributed by atoms with Gasteiger partial charge in [-0.2, -0.15) is 0 Å². The number of rotatable bonds is 10. The lowest BCUT2D eigenvalue weighted by Gasteiger charge is -2.35. The van der Waals surface area contributed by atoms with Gasteiger partial charge < -0.3 is 15.2 Å². The third-order valence-corrected chi connectivity index (χ3v) is 6.23. The van der Waals surface area contributed by atoms with Crippen LogP contribution in [0.15, 0.2) is 59.1 Å². The van der Waals surface area contributed by atoms with Gasteiger partial charge in [-0.1, -0.05) is 41.9 Å². The number of carbonyl (C=O) groups is 3. The van der Waals surface area contributed by atoms with E-state index in [0.717, 1.165) is 0 Å². The van der Waals surface area contributed by atoms with E-state index < -0.39 is 35.1 Å². The molecular formula is C27H30ClFN4O4. The molecular weight excluding hydrogens is 499 g/mol. The summed E-state index contributed by atoms with van der Waals surface area (Å²) < 4.78 is 18.7. The monoisotopic (exact) mass is 528 g/mol. The molecule has 8 nitrogen and oxygen atoms in total. The van der Waals surface area contributed by atoms with Gasteiger partial charge in [0, 0.05) is 40.7 Å². The summed E-state index contributed by atoms with van der Waals surface area (Å²) in [5.74, 6) is -1.17. The number of benzene rings is 2. The molecule has 1 heterocycles. The van der Waals surface area contributed by atoms with E-state index in [-0.39, 0.29) is 29.4 Å². The topological polar surface area (TPSA) is 105 Å². The minimum atomic E-state index is -1.17. The predicted octanol–water partition coefficient (Wildman–Crippen LogP) is 5.57. The highest BCUT2D eigenvalue weighted by Gasteiger charge is 2.36. The number of halogens is 2. The second-order valence-corrected chi connectivity index (χ2v) is 9.67. The normalized spacial score (nSPS) is 12.1. The summed E-state index contributed by atoms with van der Waals surface area (Å²) >= 11 is 6.49. The van der Waals surface area contributed by atoms with Crippen LogP contribution in [0.4, 0.5) is 15.9 Å². The van der Waals surface area contributed by atoms with Crippen LogP contribution in [0.5, 0.6) is 0 Å². The zero-order valence-corrected chi connectivity index (χ0v) is 21.9. The Balaban J connectivity index is 1.97. The highest BCUT2D eigenvalue weighted by atomic mass is 35.5. The third kappa shape index (κ3) is 7.39. The first-order valence-electron chi connectivity index (χ1n) is 11.9. The van der Waals surface area contributed by atoms with E-state index in [1.54, 1.807) is 37.3 Å². The molecule has 196 valence electrons. The lowest BCUT2D eigenvalue weighted by atomic mass is 9.98. The van der Waals surface area contributed by atoms with Crippen LogP contribution in [0.3, 0.4) is 0 Å². The van der Waals surface area contributed by atoms with Gasteiger partial charge in [0.2, 0.25) is 17.7 Å². The van der Waals surface area contributed by atoms with Gasteiger partial charge in [-0.3, -0.25) is 19.3 Å². The number of nitrogens with one attached hydrogen (secondary N) is 2. The Morgan fingerprint density at radius 2 is 1.78 bits per heavy atom. The molecule has 0 spiro atoms. The number of nitrogens with zero attached hydrogens (tertiary/aromatic N) is 2. The zero-order valence-electron chi connectivity index (χ0n) is 21.2. The smallest absolute Gasteiger partial charge is 0.248 e. The first-order chi connectivity index (χ1) is 17.5. The molecule has 0 bridgehead atoms. The number of aromatic nitrogens is 1. The third-order valence-electron chi connectivity index (χ3n) is 5.89. The van der Waals surface area contributed by atoms with Crippen molar-refractivity contribution in [3.05, 3.63) is 76.8 Å². The maximum absolute atomic E-state index is 13.8. The molecule has 3 aromatic rings. The Morgan fingerprint density at radius 1 is 1.11 bits per heavy atom. The molecule has 0 aliphatic heterocycles. The highest BCUT2D eigenvalue weighted by Crippen LogP contribution is 2.33. The van der Waals surface area contributed by atoms with Gasteiger partial charge in [-0.05, 0) is 57.5 Å². The van der Waals surface area contributed by atoms with Gasteiger partial charge in [0.1, 0.15) is 17.6 Å². The summed E-state index contributed by atoms with van der Waals surface area (Å²) in [5.41, 5.74) is 0.117. The molecule has 2 N–H and O–H groups in total. The summed E-state index contributed by atoms with van der Waals surface area (Å²) in [5, 5.41) is 9.56. The number of hydrogen-bond donors (Lipinski definition) is 2. The molecule has 1 aromatic heterocycles. The summed E-state index contributed by atoms with van der Waals surface area (Å²) in [6.07, 6.45) is 0.228. The molecule has 0 aliphatic rings. The minimum absolute atomic E-state index is 0.181. The first-order valence-corrected chi connectivity index (χ1v) is 12.3. The Morgan fingerprint density at radius 3 is 2.38 bits per heavy atom. The average Bonchev–Trinajstić information content (AvgIpc) is 3.26. The van der Waals surface area contributed by atoms with Gasteiger partial charge in [0.25, 0.3) is 0 Å². The van der Waals surface area contributed by atoms with E-state index in [1.165, 1.54) is 29.2 Å². The van der Waals surface area contributed by atoms with Crippen LogP contribution in [0.25, 0.3) is 0 Å². The van der Waals surface area contributed by atoms with Crippen LogP contribution >= 0.6 is 11.6 Å². The van der Waals surface area contributed by atoms with E-state index in [1.807, 2.05) is 20.8 Å². The van der Waals surface area contributed by atoms with Crippen LogP contribution in [0.2, 0.25) is 5.02 Å². The summed E-state index contributed by atoms with van der Waals surface area (Å²) in [6, 6.07) is 12.3. The largest absolute Gasteiger partial charge is 0.360 e.